The summed E-state index contributed by atoms with van der Waals surface area (Å²) in [5.74, 6) is -4.47. The van der Waals surface area contributed by atoms with E-state index in [1.807, 2.05) is 0 Å². The van der Waals surface area contributed by atoms with Crippen LogP contribution < -0.4 is 4.72 Å². The number of fused-ring (bicyclic) bond motifs is 1. The van der Waals surface area contributed by atoms with Crippen LogP contribution in [0.1, 0.15) is 63.0 Å². The normalized spacial score (nSPS) is 27.6. The molecule has 5 aliphatic rings. The van der Waals surface area contributed by atoms with Crippen LogP contribution in [0.2, 0.25) is 0 Å². The number of amides is 4. The van der Waals surface area contributed by atoms with Gasteiger partial charge >= 0.3 is 12.1 Å². The fourth-order valence-corrected chi connectivity index (χ4v) is 8.66. The third-order valence-corrected chi connectivity index (χ3v) is 12.3. The summed E-state index contributed by atoms with van der Waals surface area (Å²) in [6, 6.07) is 3.45. The number of carbonyl (C=O) groups is 6. The summed E-state index contributed by atoms with van der Waals surface area (Å²) in [6.07, 6.45) is -0.103. The minimum absolute atomic E-state index is 0.00337. The smallest absolute Gasteiger partial charge is 0.410 e. The van der Waals surface area contributed by atoms with Gasteiger partial charge in [-0.05, 0) is 36.8 Å². The molecule has 2 saturated carbocycles. The molecule has 2 saturated heterocycles. The minimum Gasteiger partial charge on any atom is -0.452 e. The lowest BCUT2D eigenvalue weighted by Crippen LogP contribution is -2.48. The molecule has 0 spiro atoms. The maximum Gasteiger partial charge on any atom is 0.410 e. The van der Waals surface area contributed by atoms with Crippen molar-refractivity contribution in [1.29, 1.82) is 0 Å². The molecule has 6 atom stereocenters. The molecule has 1 aromatic carbocycles. The number of likely N-dealkylation sites (N-methyl/N-ethyl adjacent to an activating group) is 1. The second-order valence-corrected chi connectivity index (χ2v) is 16.1. The standard InChI is InChI=1S/C34H41FN4O10S/c1-4-21-13-34(21,32(44)36-50(46,47)23-8-9-23)14-27(40)26-12-22(48-33(45)38-16-20-6-5-7-25(35)24(20)18-38)17-39(26)30(42)19(2)15-37(3)31(43)28-10-11-29(41)49-28/h4-7,19,21-23,26,28H,1,8-18H2,2-3H3,(H,36,44)/t19-,21+,22?,26-,28-,34+/m0/s1. The number of rotatable bonds is 12. The van der Waals surface area contributed by atoms with Crippen molar-refractivity contribution >= 4 is 45.6 Å². The summed E-state index contributed by atoms with van der Waals surface area (Å²) in [7, 11) is -2.41. The highest BCUT2D eigenvalue weighted by Gasteiger charge is 2.61. The Morgan fingerprint density at radius 2 is 1.94 bits per heavy atom. The van der Waals surface area contributed by atoms with Gasteiger partial charge in [-0.2, -0.15) is 0 Å². The van der Waals surface area contributed by atoms with Gasteiger partial charge in [0.15, 0.2) is 11.9 Å². The minimum atomic E-state index is -3.89. The number of hydrogen-bond donors (Lipinski definition) is 1. The van der Waals surface area contributed by atoms with Crippen molar-refractivity contribution in [3.8, 4) is 0 Å². The number of cyclic esters (lactones) is 1. The third kappa shape index (κ3) is 6.98. The van der Waals surface area contributed by atoms with E-state index in [4.69, 9.17) is 9.47 Å². The maximum absolute atomic E-state index is 14.3. The molecule has 1 unspecified atom stereocenters. The molecule has 4 amide bonds. The summed E-state index contributed by atoms with van der Waals surface area (Å²) < 4.78 is 52.5. The number of hydrogen-bond acceptors (Lipinski definition) is 10. The number of sulfonamides is 1. The zero-order chi connectivity index (χ0) is 36.1. The van der Waals surface area contributed by atoms with Crippen LogP contribution in [0.4, 0.5) is 9.18 Å². The molecular formula is C34H41FN4O10S. The zero-order valence-electron chi connectivity index (χ0n) is 28.0. The Labute approximate surface area is 289 Å². The lowest BCUT2D eigenvalue weighted by molar-refractivity contribution is -0.153. The SMILES string of the molecule is C=C[C@@H]1C[C@]1(CC(=O)[C@@H]1CC(OC(=O)N2Cc3cccc(F)c3C2)CN1C(=O)[C@@H](C)CN(C)C(=O)[C@@H]1CCC(=O)O1)C(=O)NS(=O)(=O)C1CC1. The first-order chi connectivity index (χ1) is 23.6. The molecule has 3 aliphatic heterocycles. The third-order valence-electron chi connectivity index (χ3n) is 10.4. The van der Waals surface area contributed by atoms with Gasteiger partial charge in [-0.25, -0.2) is 17.6 Å². The van der Waals surface area contributed by atoms with Gasteiger partial charge in [0.25, 0.3) is 5.91 Å². The highest BCUT2D eigenvalue weighted by atomic mass is 32.2. The van der Waals surface area contributed by atoms with Gasteiger partial charge in [-0.1, -0.05) is 25.1 Å². The number of esters is 1. The number of nitrogens with one attached hydrogen (secondary N) is 1. The van der Waals surface area contributed by atoms with Crippen molar-refractivity contribution in [2.75, 3.05) is 20.1 Å². The molecule has 1 N–H and O–H groups in total. The number of carbonyl (C=O) groups excluding carboxylic acids is 6. The summed E-state index contributed by atoms with van der Waals surface area (Å²) in [5.41, 5.74) is -0.326. The summed E-state index contributed by atoms with van der Waals surface area (Å²) >= 11 is 0. The highest BCUT2D eigenvalue weighted by molar-refractivity contribution is 7.90. The van der Waals surface area contributed by atoms with Crippen LogP contribution >= 0.6 is 0 Å². The fourth-order valence-electron chi connectivity index (χ4n) is 7.27. The molecule has 1 aromatic rings. The predicted octanol–water partition coefficient (Wildman–Crippen LogP) is 1.81. The number of benzene rings is 1. The van der Waals surface area contributed by atoms with E-state index in [1.54, 1.807) is 19.1 Å². The number of ether oxygens (including phenoxy) is 2. The van der Waals surface area contributed by atoms with E-state index in [2.05, 4.69) is 11.3 Å². The molecule has 2 aliphatic carbocycles. The largest absolute Gasteiger partial charge is 0.452 e. The van der Waals surface area contributed by atoms with E-state index in [0.717, 1.165) is 0 Å². The quantitative estimate of drug-likeness (QED) is 0.248. The average Bonchev–Trinajstić information content (AvgIpc) is 3.89. The van der Waals surface area contributed by atoms with Gasteiger partial charge in [0.2, 0.25) is 21.8 Å². The van der Waals surface area contributed by atoms with Gasteiger partial charge in [0.1, 0.15) is 11.9 Å². The topological polar surface area (TPSA) is 177 Å². The van der Waals surface area contributed by atoms with Gasteiger partial charge in [0, 0.05) is 51.4 Å². The Balaban J connectivity index is 1.17. The van der Waals surface area contributed by atoms with Crippen molar-refractivity contribution in [2.24, 2.45) is 17.3 Å². The molecule has 0 bridgehead atoms. The Hall–Kier alpha value is -4.34. The van der Waals surface area contributed by atoms with Crippen molar-refractivity contribution in [1.82, 2.24) is 19.4 Å². The van der Waals surface area contributed by atoms with E-state index < -0.39 is 92.2 Å². The summed E-state index contributed by atoms with van der Waals surface area (Å²) in [6.45, 7) is 5.23. The first-order valence-corrected chi connectivity index (χ1v) is 18.4. The van der Waals surface area contributed by atoms with E-state index in [1.165, 1.54) is 33.9 Å². The van der Waals surface area contributed by atoms with Crippen LogP contribution in [0.3, 0.4) is 0 Å². The second kappa shape index (κ2) is 13.4. The second-order valence-electron chi connectivity index (χ2n) is 14.1. The van der Waals surface area contributed by atoms with Gasteiger partial charge in [0.05, 0.1) is 35.7 Å². The van der Waals surface area contributed by atoms with Crippen molar-refractivity contribution < 1.29 is 51.0 Å². The number of allylic oxidation sites excluding steroid dienone is 1. The van der Waals surface area contributed by atoms with Crippen LogP contribution in [0.15, 0.2) is 30.9 Å². The Bertz CT molecular complexity index is 1750. The Kier molecular flexibility index (Phi) is 9.52. The molecule has 14 nitrogen and oxygen atoms in total. The van der Waals surface area contributed by atoms with E-state index in [9.17, 15) is 41.6 Å². The fraction of sp³-hybridized carbons (Fsp3) is 0.588. The zero-order valence-corrected chi connectivity index (χ0v) is 28.8. The van der Waals surface area contributed by atoms with Crippen LogP contribution in [0.5, 0.6) is 0 Å². The molecule has 16 heteroatoms. The summed E-state index contributed by atoms with van der Waals surface area (Å²) in [5, 5.41) is -0.648. The average molecular weight is 717 g/mol. The van der Waals surface area contributed by atoms with Crippen molar-refractivity contribution in [3.05, 3.63) is 47.8 Å². The lowest BCUT2D eigenvalue weighted by atomic mass is 9.91. The molecular weight excluding hydrogens is 675 g/mol. The van der Waals surface area contributed by atoms with Gasteiger partial charge in [-0.3, -0.25) is 33.6 Å². The number of halogens is 1. The molecule has 3 heterocycles. The van der Waals surface area contributed by atoms with Crippen LogP contribution in [0.25, 0.3) is 0 Å². The van der Waals surface area contributed by atoms with Crippen LogP contribution in [-0.2, 0) is 56.6 Å². The van der Waals surface area contributed by atoms with Gasteiger partial charge in [-0.15, -0.1) is 6.58 Å². The summed E-state index contributed by atoms with van der Waals surface area (Å²) in [4.78, 5) is 82.9. The number of likely N-dealkylation sites (tertiary alicyclic amines) is 1. The molecule has 4 fully saturated rings. The monoisotopic (exact) mass is 716 g/mol. The number of ketones is 1. The maximum atomic E-state index is 14.3. The first-order valence-electron chi connectivity index (χ1n) is 16.8. The Morgan fingerprint density at radius 1 is 1.20 bits per heavy atom. The molecule has 0 aromatic heterocycles. The number of nitrogens with zero attached hydrogens (tertiary/aromatic N) is 3. The predicted molar refractivity (Wildman–Crippen MR) is 172 cm³/mol. The first kappa shape index (κ1) is 35.5. The van der Waals surface area contributed by atoms with Crippen molar-refractivity contribution in [3.63, 3.8) is 0 Å². The van der Waals surface area contributed by atoms with E-state index in [0.29, 0.717) is 24.0 Å². The lowest BCUT2D eigenvalue weighted by Gasteiger charge is -2.30. The van der Waals surface area contributed by atoms with E-state index in [-0.39, 0.29) is 58.3 Å². The Morgan fingerprint density at radius 3 is 2.56 bits per heavy atom. The highest BCUT2D eigenvalue weighted by Crippen LogP contribution is 2.57. The van der Waals surface area contributed by atoms with Crippen LogP contribution in [0, 0.1) is 23.1 Å². The van der Waals surface area contributed by atoms with Gasteiger partial charge < -0.3 is 19.3 Å². The molecule has 0 radical (unpaired) electrons. The number of Topliss-reactive ketones (excluding diaryl/α,β-unsaturated/α-hetero) is 1. The van der Waals surface area contributed by atoms with E-state index >= 15 is 0 Å². The van der Waals surface area contributed by atoms with Crippen LogP contribution in [-0.4, -0.2) is 102 Å². The molecule has 50 heavy (non-hydrogen) atoms. The van der Waals surface area contributed by atoms with Crippen molar-refractivity contribution in [2.45, 2.75) is 88.5 Å². The molecule has 6 rings (SSSR count). The molecule has 270 valence electrons.